The number of pyridine rings is 1. The van der Waals surface area contributed by atoms with Gasteiger partial charge in [-0.25, -0.2) is 9.98 Å². The minimum absolute atomic E-state index is 0.00775. The molecule has 138 valence electrons. The van der Waals surface area contributed by atoms with E-state index in [-0.39, 0.29) is 11.5 Å². The molecule has 0 spiro atoms. The zero-order valence-corrected chi connectivity index (χ0v) is 16.3. The molecule has 3 N–H and O–H groups in total. The molecule has 0 atom stereocenters. The van der Waals surface area contributed by atoms with Crippen LogP contribution in [0.2, 0.25) is 0 Å². The molecule has 1 fully saturated rings. The third kappa shape index (κ3) is 3.63. The molecule has 1 aromatic rings. The van der Waals surface area contributed by atoms with Gasteiger partial charge in [0.15, 0.2) is 0 Å². The number of anilines is 1. The molecule has 0 saturated carbocycles. The summed E-state index contributed by atoms with van der Waals surface area (Å²) >= 11 is 3.58. The average Bonchev–Trinajstić information content (AvgIpc) is 2.66. The Labute approximate surface area is 160 Å². The van der Waals surface area contributed by atoms with Gasteiger partial charge in [0.25, 0.3) is 0 Å². The number of hydrogen-bond donors (Lipinski definition) is 3. The predicted octanol–water partition coefficient (Wildman–Crippen LogP) is 1.98. The molecule has 0 aromatic carbocycles. The van der Waals surface area contributed by atoms with Gasteiger partial charge in [0.2, 0.25) is 5.84 Å². The second-order valence-electron chi connectivity index (χ2n) is 5.98. The SMILES string of the molecule is CNC1=C(Cc2ccc(Br)c(N3CCOCC3)n2)C(C)=N/C(=N/O)C1=N. The quantitative estimate of drug-likeness (QED) is 0.509. The topological polar surface area (TPSA) is 106 Å². The van der Waals surface area contributed by atoms with Crippen molar-refractivity contribution < 1.29 is 9.94 Å². The van der Waals surface area contributed by atoms with Gasteiger partial charge in [-0.2, -0.15) is 0 Å². The van der Waals surface area contributed by atoms with Crippen molar-refractivity contribution in [3.8, 4) is 0 Å². The summed E-state index contributed by atoms with van der Waals surface area (Å²) in [4.78, 5) is 11.2. The smallest absolute Gasteiger partial charge is 0.218 e. The molecule has 3 rings (SSSR count). The summed E-state index contributed by atoms with van der Waals surface area (Å²) in [7, 11) is 1.74. The van der Waals surface area contributed by atoms with Crippen molar-refractivity contribution in [2.75, 3.05) is 38.3 Å². The number of amidine groups is 1. The zero-order valence-electron chi connectivity index (χ0n) is 14.7. The highest BCUT2D eigenvalue weighted by atomic mass is 79.9. The first-order chi connectivity index (χ1) is 12.5. The predicted molar refractivity (Wildman–Crippen MR) is 105 cm³/mol. The lowest BCUT2D eigenvalue weighted by Crippen LogP contribution is -2.37. The number of halogens is 1. The Morgan fingerprint density at radius 1 is 1.38 bits per heavy atom. The number of nitrogens with one attached hydrogen (secondary N) is 2. The van der Waals surface area contributed by atoms with E-state index in [0.29, 0.717) is 31.0 Å². The highest BCUT2D eigenvalue weighted by Crippen LogP contribution is 2.27. The first-order valence-electron chi connectivity index (χ1n) is 8.31. The van der Waals surface area contributed by atoms with Crippen molar-refractivity contribution in [2.45, 2.75) is 13.3 Å². The lowest BCUT2D eigenvalue weighted by atomic mass is 9.97. The number of morpholine rings is 1. The molecule has 26 heavy (non-hydrogen) atoms. The molecule has 8 nitrogen and oxygen atoms in total. The van der Waals surface area contributed by atoms with Crippen molar-refractivity contribution in [1.29, 1.82) is 5.41 Å². The van der Waals surface area contributed by atoms with E-state index >= 15 is 0 Å². The van der Waals surface area contributed by atoms with E-state index < -0.39 is 0 Å². The van der Waals surface area contributed by atoms with Crippen molar-refractivity contribution in [3.05, 3.63) is 33.6 Å². The molecule has 2 aliphatic rings. The van der Waals surface area contributed by atoms with Gasteiger partial charge in [-0.05, 0) is 35.0 Å². The second kappa shape index (κ2) is 7.96. The van der Waals surface area contributed by atoms with Crippen molar-refractivity contribution in [2.24, 2.45) is 10.1 Å². The van der Waals surface area contributed by atoms with Gasteiger partial charge < -0.3 is 20.2 Å². The first-order valence-corrected chi connectivity index (χ1v) is 9.10. The van der Waals surface area contributed by atoms with Crippen LogP contribution in [-0.2, 0) is 11.2 Å². The maximum absolute atomic E-state index is 9.04. The maximum Gasteiger partial charge on any atom is 0.218 e. The monoisotopic (exact) mass is 420 g/mol. The third-order valence-electron chi connectivity index (χ3n) is 4.38. The molecule has 0 bridgehead atoms. The maximum atomic E-state index is 9.04. The van der Waals surface area contributed by atoms with Gasteiger partial charge in [0.1, 0.15) is 11.5 Å². The van der Waals surface area contributed by atoms with E-state index in [1.54, 1.807) is 7.05 Å². The molecule has 3 heterocycles. The number of hydrogen-bond acceptors (Lipinski definition) is 7. The molecular weight excluding hydrogens is 400 g/mol. The van der Waals surface area contributed by atoms with Crippen LogP contribution >= 0.6 is 15.9 Å². The minimum Gasteiger partial charge on any atom is -0.409 e. The highest BCUT2D eigenvalue weighted by Gasteiger charge is 2.25. The van der Waals surface area contributed by atoms with Crippen LogP contribution in [0, 0.1) is 5.41 Å². The first kappa shape index (κ1) is 18.5. The van der Waals surface area contributed by atoms with Crippen LogP contribution in [0.5, 0.6) is 0 Å². The van der Waals surface area contributed by atoms with Gasteiger partial charge in [0.05, 0.1) is 23.4 Å². The Hall–Kier alpha value is -2.26. The van der Waals surface area contributed by atoms with E-state index in [0.717, 1.165) is 34.6 Å². The number of rotatable bonds is 4. The Bertz CT molecular complexity index is 811. The Morgan fingerprint density at radius 3 is 2.77 bits per heavy atom. The van der Waals surface area contributed by atoms with E-state index in [1.807, 2.05) is 19.1 Å². The molecule has 0 aliphatic carbocycles. The highest BCUT2D eigenvalue weighted by molar-refractivity contribution is 9.10. The summed E-state index contributed by atoms with van der Waals surface area (Å²) in [6, 6.07) is 3.95. The summed E-state index contributed by atoms with van der Waals surface area (Å²) in [6.07, 6.45) is 0.525. The molecule has 1 aromatic heterocycles. The van der Waals surface area contributed by atoms with Crippen molar-refractivity contribution in [1.82, 2.24) is 10.3 Å². The normalized spacial score (nSPS) is 19.8. The van der Waals surface area contributed by atoms with E-state index in [1.165, 1.54) is 0 Å². The van der Waals surface area contributed by atoms with Gasteiger partial charge in [0, 0.05) is 43.5 Å². The zero-order chi connectivity index (χ0) is 18.7. The van der Waals surface area contributed by atoms with Gasteiger partial charge in [-0.1, -0.05) is 5.16 Å². The fraction of sp³-hybridized carbons (Fsp3) is 0.412. The number of aliphatic imine (C=N–C) groups is 1. The fourth-order valence-electron chi connectivity index (χ4n) is 3.04. The average molecular weight is 421 g/mol. The third-order valence-corrected chi connectivity index (χ3v) is 5.00. The number of oxime groups is 1. The standard InChI is InChI=1S/C17H21BrN6O2/c1-10-12(15(20-2)14(19)16(21-10)23-25)9-11-3-4-13(18)17(22-11)24-5-7-26-8-6-24/h3-4,19-20,25H,5-9H2,1-2H3/b19-14?,23-16+. The van der Waals surface area contributed by atoms with Crippen LogP contribution in [0.4, 0.5) is 5.82 Å². The lowest BCUT2D eigenvalue weighted by molar-refractivity contribution is 0.122. The summed E-state index contributed by atoms with van der Waals surface area (Å²) in [5.74, 6) is 0.906. The van der Waals surface area contributed by atoms with Crippen LogP contribution in [0.3, 0.4) is 0 Å². The molecule has 1 saturated heterocycles. The van der Waals surface area contributed by atoms with Crippen LogP contribution < -0.4 is 10.2 Å². The van der Waals surface area contributed by atoms with Crippen LogP contribution in [0.15, 0.2) is 38.0 Å². The molecule has 0 unspecified atom stereocenters. The summed E-state index contributed by atoms with van der Waals surface area (Å²) in [5.41, 5.74) is 3.12. The fourth-order valence-corrected chi connectivity index (χ4v) is 3.51. The molecular formula is C17H21BrN6O2. The Balaban J connectivity index is 1.93. The van der Waals surface area contributed by atoms with Gasteiger partial charge >= 0.3 is 0 Å². The molecule has 0 amide bonds. The number of dihydropyridines is 1. The summed E-state index contributed by atoms with van der Waals surface area (Å²) in [5, 5.41) is 23.3. The van der Waals surface area contributed by atoms with E-state index in [4.69, 9.17) is 20.3 Å². The number of allylic oxidation sites excluding steroid dienone is 1. The summed E-state index contributed by atoms with van der Waals surface area (Å²) < 4.78 is 6.36. The van der Waals surface area contributed by atoms with Crippen LogP contribution in [0.25, 0.3) is 0 Å². The second-order valence-corrected chi connectivity index (χ2v) is 6.84. The van der Waals surface area contributed by atoms with Crippen molar-refractivity contribution >= 4 is 39.0 Å². The van der Waals surface area contributed by atoms with E-state index in [9.17, 15) is 0 Å². The number of aromatic nitrogens is 1. The summed E-state index contributed by atoms with van der Waals surface area (Å²) in [6.45, 7) is 4.84. The Morgan fingerprint density at radius 2 is 2.12 bits per heavy atom. The van der Waals surface area contributed by atoms with Crippen LogP contribution in [-0.4, -0.2) is 60.8 Å². The molecule has 0 radical (unpaired) electrons. The molecule has 2 aliphatic heterocycles. The number of ether oxygens (including phenoxy) is 1. The van der Waals surface area contributed by atoms with E-state index in [2.05, 4.69) is 36.3 Å². The molecule has 9 heteroatoms. The van der Waals surface area contributed by atoms with Gasteiger partial charge in [-0.15, -0.1) is 0 Å². The minimum atomic E-state index is 0.00775. The number of nitrogens with zero attached hydrogens (tertiary/aromatic N) is 4. The van der Waals surface area contributed by atoms with Crippen LogP contribution in [0.1, 0.15) is 12.6 Å². The Kier molecular flexibility index (Phi) is 5.67. The van der Waals surface area contributed by atoms with Crippen molar-refractivity contribution in [3.63, 3.8) is 0 Å². The lowest BCUT2D eigenvalue weighted by Gasteiger charge is -2.29. The largest absolute Gasteiger partial charge is 0.409 e. The van der Waals surface area contributed by atoms with Gasteiger partial charge in [-0.3, -0.25) is 5.41 Å².